The van der Waals surface area contributed by atoms with Crippen LogP contribution < -0.4 is 10.1 Å². The quantitative estimate of drug-likeness (QED) is 0.908. The summed E-state index contributed by atoms with van der Waals surface area (Å²) in [6.07, 6.45) is 2.48. The van der Waals surface area contributed by atoms with Crippen molar-refractivity contribution in [2.24, 2.45) is 0 Å². The SMILES string of the molecule is CNc1nc(C2CC2)c(-c2ccc(OC)c(Cl)c2)s1. The molecule has 1 saturated carbocycles. The summed E-state index contributed by atoms with van der Waals surface area (Å²) in [5.41, 5.74) is 2.32. The number of anilines is 1. The Bertz CT molecular complexity index is 607. The Morgan fingerprint density at radius 2 is 2.21 bits per heavy atom. The molecule has 19 heavy (non-hydrogen) atoms. The van der Waals surface area contributed by atoms with E-state index in [1.807, 2.05) is 25.2 Å². The maximum absolute atomic E-state index is 6.21. The highest BCUT2D eigenvalue weighted by molar-refractivity contribution is 7.19. The highest BCUT2D eigenvalue weighted by atomic mass is 35.5. The summed E-state index contributed by atoms with van der Waals surface area (Å²) in [5, 5.41) is 4.73. The second-order valence-corrected chi connectivity index (χ2v) is 6.01. The van der Waals surface area contributed by atoms with E-state index in [1.54, 1.807) is 18.4 Å². The molecule has 1 heterocycles. The van der Waals surface area contributed by atoms with Gasteiger partial charge in [0.05, 0.1) is 22.7 Å². The number of ether oxygens (including phenoxy) is 1. The molecule has 0 saturated heterocycles. The van der Waals surface area contributed by atoms with Crippen LogP contribution in [0.2, 0.25) is 5.02 Å². The lowest BCUT2D eigenvalue weighted by Crippen LogP contribution is -1.88. The molecule has 3 rings (SSSR count). The molecule has 2 aromatic rings. The molecule has 1 aliphatic carbocycles. The van der Waals surface area contributed by atoms with Gasteiger partial charge in [0.15, 0.2) is 5.13 Å². The molecule has 1 N–H and O–H groups in total. The number of nitrogens with zero attached hydrogens (tertiary/aromatic N) is 1. The van der Waals surface area contributed by atoms with Gasteiger partial charge in [-0.25, -0.2) is 4.98 Å². The van der Waals surface area contributed by atoms with Crippen molar-refractivity contribution in [2.75, 3.05) is 19.5 Å². The van der Waals surface area contributed by atoms with Crippen LogP contribution in [0.1, 0.15) is 24.5 Å². The Hall–Kier alpha value is -1.26. The zero-order valence-corrected chi connectivity index (χ0v) is 12.4. The third-order valence-corrected chi connectivity index (χ3v) is 4.68. The van der Waals surface area contributed by atoms with Gasteiger partial charge in [-0.05, 0) is 36.6 Å². The van der Waals surface area contributed by atoms with Gasteiger partial charge in [0, 0.05) is 13.0 Å². The average molecular weight is 295 g/mol. The standard InChI is InChI=1S/C14H15ClN2OS/c1-16-14-17-12(8-3-4-8)13(19-14)9-5-6-11(18-2)10(15)7-9/h5-8H,3-4H2,1-2H3,(H,16,17). The summed E-state index contributed by atoms with van der Waals surface area (Å²) in [7, 11) is 3.53. The predicted octanol–water partition coefficient (Wildman–Crippen LogP) is 4.39. The minimum Gasteiger partial charge on any atom is -0.495 e. The molecule has 0 radical (unpaired) electrons. The van der Waals surface area contributed by atoms with Crippen LogP contribution in [0.3, 0.4) is 0 Å². The molecule has 0 unspecified atom stereocenters. The second kappa shape index (κ2) is 5.02. The first-order valence-corrected chi connectivity index (χ1v) is 7.44. The lowest BCUT2D eigenvalue weighted by Gasteiger charge is -2.05. The Balaban J connectivity index is 2.05. The number of methoxy groups -OCH3 is 1. The highest BCUT2D eigenvalue weighted by Crippen LogP contribution is 2.47. The Labute approximate surface area is 121 Å². The number of halogens is 1. The molecule has 0 atom stereocenters. The molecule has 0 aliphatic heterocycles. The number of hydrogen-bond acceptors (Lipinski definition) is 4. The number of hydrogen-bond donors (Lipinski definition) is 1. The molecule has 3 nitrogen and oxygen atoms in total. The minimum absolute atomic E-state index is 0.620. The molecule has 1 aromatic carbocycles. The van der Waals surface area contributed by atoms with E-state index in [0.717, 1.165) is 10.7 Å². The van der Waals surface area contributed by atoms with Gasteiger partial charge in [-0.2, -0.15) is 0 Å². The van der Waals surface area contributed by atoms with Crippen LogP contribution in [0.15, 0.2) is 18.2 Å². The fraction of sp³-hybridized carbons (Fsp3) is 0.357. The van der Waals surface area contributed by atoms with Gasteiger partial charge in [-0.3, -0.25) is 0 Å². The monoisotopic (exact) mass is 294 g/mol. The summed E-state index contributed by atoms with van der Waals surface area (Å²) in [6.45, 7) is 0. The largest absolute Gasteiger partial charge is 0.495 e. The van der Waals surface area contributed by atoms with Crippen LogP contribution in [0.25, 0.3) is 10.4 Å². The van der Waals surface area contributed by atoms with E-state index in [4.69, 9.17) is 16.3 Å². The van der Waals surface area contributed by atoms with Gasteiger partial charge in [0.25, 0.3) is 0 Å². The van der Waals surface area contributed by atoms with Crippen molar-refractivity contribution in [3.05, 3.63) is 28.9 Å². The van der Waals surface area contributed by atoms with Crippen molar-refractivity contribution in [1.29, 1.82) is 0 Å². The van der Waals surface area contributed by atoms with E-state index in [-0.39, 0.29) is 0 Å². The molecule has 1 fully saturated rings. The van der Waals surface area contributed by atoms with E-state index < -0.39 is 0 Å². The molecule has 5 heteroatoms. The first-order valence-electron chi connectivity index (χ1n) is 6.25. The van der Waals surface area contributed by atoms with Gasteiger partial charge in [-0.15, -0.1) is 0 Å². The molecule has 0 spiro atoms. The van der Waals surface area contributed by atoms with Crippen molar-refractivity contribution in [2.45, 2.75) is 18.8 Å². The lowest BCUT2D eigenvalue weighted by atomic mass is 10.1. The predicted molar refractivity (Wildman–Crippen MR) is 80.6 cm³/mol. The normalized spacial score (nSPS) is 14.5. The number of nitrogens with one attached hydrogen (secondary N) is 1. The van der Waals surface area contributed by atoms with Gasteiger partial charge in [-0.1, -0.05) is 22.9 Å². The summed E-state index contributed by atoms with van der Waals surface area (Å²) in [6, 6.07) is 5.91. The maximum Gasteiger partial charge on any atom is 0.183 e. The Morgan fingerprint density at radius 3 is 2.79 bits per heavy atom. The van der Waals surface area contributed by atoms with E-state index in [2.05, 4.69) is 10.3 Å². The van der Waals surface area contributed by atoms with E-state index in [1.165, 1.54) is 23.4 Å². The van der Waals surface area contributed by atoms with E-state index in [9.17, 15) is 0 Å². The number of aromatic nitrogens is 1. The molecule has 0 bridgehead atoms. The number of benzene rings is 1. The minimum atomic E-state index is 0.620. The van der Waals surface area contributed by atoms with Crippen LogP contribution in [-0.4, -0.2) is 19.1 Å². The number of thiazole rings is 1. The van der Waals surface area contributed by atoms with Crippen LogP contribution in [0.5, 0.6) is 5.75 Å². The smallest absolute Gasteiger partial charge is 0.183 e. The highest BCUT2D eigenvalue weighted by Gasteiger charge is 2.30. The van der Waals surface area contributed by atoms with E-state index in [0.29, 0.717) is 16.7 Å². The van der Waals surface area contributed by atoms with Crippen LogP contribution >= 0.6 is 22.9 Å². The van der Waals surface area contributed by atoms with Crippen LogP contribution in [0, 0.1) is 0 Å². The topological polar surface area (TPSA) is 34.2 Å². The van der Waals surface area contributed by atoms with Crippen LogP contribution in [-0.2, 0) is 0 Å². The fourth-order valence-electron chi connectivity index (χ4n) is 2.09. The average Bonchev–Trinajstić information content (AvgIpc) is 3.18. The van der Waals surface area contributed by atoms with E-state index >= 15 is 0 Å². The third kappa shape index (κ3) is 2.42. The Kier molecular flexibility index (Phi) is 3.37. The lowest BCUT2D eigenvalue weighted by molar-refractivity contribution is 0.415. The van der Waals surface area contributed by atoms with Gasteiger partial charge in [0.1, 0.15) is 5.75 Å². The molecular formula is C14H15ClN2OS. The molecular weight excluding hydrogens is 280 g/mol. The first kappa shape index (κ1) is 12.8. The van der Waals surface area contributed by atoms with Gasteiger partial charge < -0.3 is 10.1 Å². The summed E-state index contributed by atoms with van der Waals surface area (Å²) >= 11 is 7.89. The summed E-state index contributed by atoms with van der Waals surface area (Å²) < 4.78 is 5.20. The zero-order chi connectivity index (χ0) is 13.4. The molecule has 1 aromatic heterocycles. The second-order valence-electron chi connectivity index (χ2n) is 4.61. The third-order valence-electron chi connectivity index (χ3n) is 3.25. The zero-order valence-electron chi connectivity index (χ0n) is 10.9. The van der Waals surface area contributed by atoms with Crippen LogP contribution in [0.4, 0.5) is 5.13 Å². The molecule has 0 amide bonds. The van der Waals surface area contributed by atoms with Gasteiger partial charge >= 0.3 is 0 Å². The van der Waals surface area contributed by atoms with Crippen molar-refractivity contribution >= 4 is 28.1 Å². The van der Waals surface area contributed by atoms with Crippen molar-refractivity contribution in [3.8, 4) is 16.2 Å². The van der Waals surface area contributed by atoms with Crippen molar-refractivity contribution in [1.82, 2.24) is 4.98 Å². The molecule has 1 aliphatic rings. The van der Waals surface area contributed by atoms with Crippen molar-refractivity contribution < 1.29 is 4.74 Å². The van der Waals surface area contributed by atoms with Crippen molar-refractivity contribution in [3.63, 3.8) is 0 Å². The summed E-state index contributed by atoms with van der Waals surface area (Å²) in [5.74, 6) is 1.32. The maximum atomic E-state index is 6.21. The number of rotatable bonds is 4. The van der Waals surface area contributed by atoms with Gasteiger partial charge in [0.2, 0.25) is 0 Å². The Morgan fingerprint density at radius 1 is 1.42 bits per heavy atom. The molecule has 100 valence electrons. The fourth-order valence-corrected chi connectivity index (χ4v) is 3.35. The first-order chi connectivity index (χ1) is 9.22. The summed E-state index contributed by atoms with van der Waals surface area (Å²) in [4.78, 5) is 5.89.